The van der Waals surface area contributed by atoms with E-state index in [-0.39, 0.29) is 18.0 Å². The van der Waals surface area contributed by atoms with Gasteiger partial charge in [-0.1, -0.05) is 30.3 Å². The lowest BCUT2D eigenvalue weighted by Gasteiger charge is -2.13. The average Bonchev–Trinajstić information content (AvgIpc) is 2.72. The standard InChI is InChI=1S/C21H16BrN3O4/c1-2-28-18-11-14(12-23)10-16(22)21(18)29-20(27)13-25-19(26)9-8-17(24-25)15-6-4-3-5-7-15/h3-11H,2,13H2,1H3. The van der Waals surface area contributed by atoms with Crippen molar-refractivity contribution >= 4 is 21.9 Å². The minimum absolute atomic E-state index is 0.142. The molecule has 0 amide bonds. The van der Waals surface area contributed by atoms with Crippen molar-refractivity contribution in [3.8, 4) is 28.8 Å². The van der Waals surface area contributed by atoms with E-state index in [9.17, 15) is 9.59 Å². The summed E-state index contributed by atoms with van der Waals surface area (Å²) in [7, 11) is 0. The molecule has 2 aromatic carbocycles. The van der Waals surface area contributed by atoms with Gasteiger partial charge >= 0.3 is 5.97 Å². The van der Waals surface area contributed by atoms with Crippen LogP contribution < -0.4 is 15.0 Å². The van der Waals surface area contributed by atoms with Crippen LogP contribution in [0.25, 0.3) is 11.3 Å². The summed E-state index contributed by atoms with van der Waals surface area (Å²) in [6.07, 6.45) is 0. The van der Waals surface area contributed by atoms with Crippen molar-refractivity contribution in [2.75, 3.05) is 6.61 Å². The van der Waals surface area contributed by atoms with Crippen LogP contribution in [-0.2, 0) is 11.3 Å². The summed E-state index contributed by atoms with van der Waals surface area (Å²) in [4.78, 5) is 24.6. The van der Waals surface area contributed by atoms with Crippen molar-refractivity contribution in [2.45, 2.75) is 13.5 Å². The number of rotatable bonds is 6. The summed E-state index contributed by atoms with van der Waals surface area (Å²) in [6, 6.07) is 17.3. The van der Waals surface area contributed by atoms with Gasteiger partial charge in [0.1, 0.15) is 6.54 Å². The fourth-order valence-corrected chi connectivity index (χ4v) is 3.11. The van der Waals surface area contributed by atoms with Crippen LogP contribution >= 0.6 is 15.9 Å². The van der Waals surface area contributed by atoms with E-state index in [1.807, 2.05) is 36.4 Å². The second kappa shape index (κ2) is 9.17. The number of aromatic nitrogens is 2. The Morgan fingerprint density at radius 1 is 1.21 bits per heavy atom. The molecule has 0 saturated heterocycles. The molecule has 0 aliphatic rings. The number of ether oxygens (including phenoxy) is 2. The van der Waals surface area contributed by atoms with Crippen LogP contribution in [0.5, 0.6) is 11.5 Å². The quantitative estimate of drug-likeness (QED) is 0.418. The van der Waals surface area contributed by atoms with Crippen LogP contribution in [0.2, 0.25) is 0 Å². The van der Waals surface area contributed by atoms with Gasteiger partial charge in [-0.25, -0.2) is 9.48 Å². The third-order valence-electron chi connectivity index (χ3n) is 3.87. The first-order chi connectivity index (χ1) is 14.0. The number of carbonyl (C=O) groups is 1. The maximum absolute atomic E-state index is 12.5. The molecule has 3 aromatic rings. The van der Waals surface area contributed by atoms with Crippen molar-refractivity contribution in [3.63, 3.8) is 0 Å². The largest absolute Gasteiger partial charge is 0.490 e. The highest BCUT2D eigenvalue weighted by Crippen LogP contribution is 2.37. The molecule has 29 heavy (non-hydrogen) atoms. The van der Waals surface area contributed by atoms with Gasteiger partial charge in [-0.2, -0.15) is 10.4 Å². The molecule has 0 fully saturated rings. The van der Waals surface area contributed by atoms with E-state index in [0.29, 0.717) is 22.3 Å². The molecule has 0 unspecified atom stereocenters. The van der Waals surface area contributed by atoms with Crippen LogP contribution in [0.3, 0.4) is 0 Å². The molecule has 0 atom stereocenters. The summed E-state index contributed by atoms with van der Waals surface area (Å²) in [5, 5.41) is 13.3. The Bertz CT molecular complexity index is 1140. The zero-order valence-corrected chi connectivity index (χ0v) is 17.0. The Morgan fingerprint density at radius 2 is 1.97 bits per heavy atom. The van der Waals surface area contributed by atoms with Gasteiger partial charge < -0.3 is 9.47 Å². The van der Waals surface area contributed by atoms with E-state index in [2.05, 4.69) is 21.0 Å². The summed E-state index contributed by atoms with van der Waals surface area (Å²) in [5.74, 6) is -0.301. The summed E-state index contributed by atoms with van der Waals surface area (Å²) in [5.41, 5.74) is 1.31. The zero-order chi connectivity index (χ0) is 20.8. The van der Waals surface area contributed by atoms with E-state index in [0.717, 1.165) is 10.2 Å². The van der Waals surface area contributed by atoms with Gasteiger partial charge in [-0.3, -0.25) is 4.79 Å². The Kier molecular flexibility index (Phi) is 6.42. The van der Waals surface area contributed by atoms with Crippen molar-refractivity contribution in [1.82, 2.24) is 9.78 Å². The molecule has 146 valence electrons. The van der Waals surface area contributed by atoms with Crippen LogP contribution in [0, 0.1) is 11.3 Å². The number of halogens is 1. The van der Waals surface area contributed by atoms with Gasteiger partial charge in [0.15, 0.2) is 11.5 Å². The maximum atomic E-state index is 12.5. The first kappa shape index (κ1) is 20.3. The normalized spacial score (nSPS) is 10.2. The van der Waals surface area contributed by atoms with E-state index < -0.39 is 11.5 Å². The molecule has 7 nitrogen and oxygen atoms in total. The van der Waals surface area contributed by atoms with Crippen molar-refractivity contribution < 1.29 is 14.3 Å². The Balaban J connectivity index is 1.85. The molecule has 0 aliphatic heterocycles. The molecular weight excluding hydrogens is 438 g/mol. The fraction of sp³-hybridized carbons (Fsp3) is 0.143. The van der Waals surface area contributed by atoms with Crippen LogP contribution in [0.1, 0.15) is 12.5 Å². The summed E-state index contributed by atoms with van der Waals surface area (Å²) >= 11 is 3.29. The molecule has 8 heteroatoms. The van der Waals surface area contributed by atoms with Crippen LogP contribution in [0.15, 0.2) is 63.9 Å². The van der Waals surface area contributed by atoms with Gasteiger partial charge in [-0.05, 0) is 35.0 Å². The van der Waals surface area contributed by atoms with Gasteiger partial charge in [0.2, 0.25) is 0 Å². The maximum Gasteiger partial charge on any atom is 0.333 e. The predicted molar refractivity (Wildman–Crippen MR) is 110 cm³/mol. The summed E-state index contributed by atoms with van der Waals surface area (Å²) in [6.45, 7) is 1.72. The molecule has 3 rings (SSSR count). The number of nitriles is 1. The number of hydrogen-bond acceptors (Lipinski definition) is 6. The Hall–Kier alpha value is -3.44. The highest BCUT2D eigenvalue weighted by Gasteiger charge is 2.17. The number of esters is 1. The number of hydrogen-bond donors (Lipinski definition) is 0. The molecule has 0 spiro atoms. The van der Waals surface area contributed by atoms with Gasteiger partial charge in [0, 0.05) is 17.7 Å². The predicted octanol–water partition coefficient (Wildman–Crippen LogP) is 3.55. The first-order valence-corrected chi connectivity index (χ1v) is 9.52. The molecular formula is C21H16BrN3O4. The van der Waals surface area contributed by atoms with Crippen LogP contribution in [-0.4, -0.2) is 22.4 Å². The van der Waals surface area contributed by atoms with Crippen molar-refractivity contribution in [1.29, 1.82) is 5.26 Å². The average molecular weight is 454 g/mol. The molecule has 1 aromatic heterocycles. The molecule has 0 radical (unpaired) electrons. The monoisotopic (exact) mass is 453 g/mol. The molecule has 0 aliphatic carbocycles. The summed E-state index contributed by atoms with van der Waals surface area (Å²) < 4.78 is 12.3. The minimum atomic E-state index is -0.698. The molecule has 0 bridgehead atoms. The second-order valence-corrected chi connectivity index (χ2v) is 6.74. The Morgan fingerprint density at radius 3 is 2.66 bits per heavy atom. The number of benzene rings is 2. The fourth-order valence-electron chi connectivity index (χ4n) is 2.59. The van der Waals surface area contributed by atoms with E-state index in [1.54, 1.807) is 13.0 Å². The first-order valence-electron chi connectivity index (χ1n) is 8.72. The highest BCUT2D eigenvalue weighted by atomic mass is 79.9. The molecule has 1 heterocycles. The molecule has 0 saturated carbocycles. The van der Waals surface area contributed by atoms with E-state index in [4.69, 9.17) is 14.7 Å². The van der Waals surface area contributed by atoms with E-state index >= 15 is 0 Å². The number of nitrogens with zero attached hydrogens (tertiary/aromatic N) is 3. The minimum Gasteiger partial charge on any atom is -0.490 e. The lowest BCUT2D eigenvalue weighted by Crippen LogP contribution is -2.28. The SMILES string of the molecule is CCOc1cc(C#N)cc(Br)c1OC(=O)Cn1nc(-c2ccccc2)ccc1=O. The second-order valence-electron chi connectivity index (χ2n) is 5.88. The van der Waals surface area contributed by atoms with Gasteiger partial charge in [-0.15, -0.1) is 0 Å². The Labute approximate surface area is 175 Å². The topological polar surface area (TPSA) is 94.2 Å². The third kappa shape index (κ3) is 4.89. The number of carbonyl (C=O) groups excluding carboxylic acids is 1. The van der Waals surface area contributed by atoms with Crippen molar-refractivity contribution in [2.24, 2.45) is 0 Å². The smallest absolute Gasteiger partial charge is 0.333 e. The van der Waals surface area contributed by atoms with Gasteiger partial charge in [0.25, 0.3) is 5.56 Å². The van der Waals surface area contributed by atoms with Crippen molar-refractivity contribution in [3.05, 3.63) is 75.0 Å². The van der Waals surface area contributed by atoms with E-state index in [1.165, 1.54) is 18.2 Å². The third-order valence-corrected chi connectivity index (χ3v) is 4.46. The highest BCUT2D eigenvalue weighted by molar-refractivity contribution is 9.10. The lowest BCUT2D eigenvalue weighted by atomic mass is 10.1. The zero-order valence-electron chi connectivity index (χ0n) is 15.5. The molecule has 0 N–H and O–H groups in total. The van der Waals surface area contributed by atoms with Gasteiger partial charge in [0.05, 0.1) is 28.4 Å². The van der Waals surface area contributed by atoms with Crippen LogP contribution in [0.4, 0.5) is 0 Å². The lowest BCUT2D eigenvalue weighted by molar-refractivity contribution is -0.135.